The van der Waals surface area contributed by atoms with Crippen molar-refractivity contribution in [3.05, 3.63) is 59.2 Å². The summed E-state index contributed by atoms with van der Waals surface area (Å²) >= 11 is 0. The van der Waals surface area contributed by atoms with E-state index in [4.69, 9.17) is 9.47 Å². The third-order valence-corrected chi connectivity index (χ3v) is 3.67. The van der Waals surface area contributed by atoms with Gasteiger partial charge in [0.25, 0.3) is 5.91 Å². The average Bonchev–Trinajstić information content (AvgIpc) is 2.68. The molecule has 2 aromatic rings. The lowest BCUT2D eigenvalue weighted by Gasteiger charge is -2.11. The molecule has 142 valence electrons. The number of esters is 2. The highest BCUT2D eigenvalue weighted by atomic mass is 16.5. The van der Waals surface area contributed by atoms with Crippen LogP contribution in [0.3, 0.4) is 0 Å². The summed E-state index contributed by atoms with van der Waals surface area (Å²) in [6.45, 7) is 3.62. The van der Waals surface area contributed by atoms with E-state index in [9.17, 15) is 14.4 Å². The number of methoxy groups -OCH3 is 1. The number of carbonyl (C=O) groups is 3. The van der Waals surface area contributed by atoms with Crippen LogP contribution in [-0.2, 0) is 14.3 Å². The van der Waals surface area contributed by atoms with Gasteiger partial charge < -0.3 is 19.5 Å². The van der Waals surface area contributed by atoms with Gasteiger partial charge in [-0.05, 0) is 55.8 Å². The first-order chi connectivity index (χ1) is 12.9. The number of rotatable bonds is 7. The van der Waals surface area contributed by atoms with Crippen molar-refractivity contribution in [3.8, 4) is 5.75 Å². The molecule has 0 fully saturated rings. The minimum absolute atomic E-state index is 0.222. The topological polar surface area (TPSA) is 90.9 Å². The maximum Gasteiger partial charge on any atom is 0.338 e. The second kappa shape index (κ2) is 9.38. The van der Waals surface area contributed by atoms with Crippen molar-refractivity contribution in [1.29, 1.82) is 0 Å². The maximum atomic E-state index is 12.1. The van der Waals surface area contributed by atoms with Gasteiger partial charge in [0.2, 0.25) is 0 Å². The molecule has 0 aromatic heterocycles. The fraction of sp³-hybridized carbons (Fsp3) is 0.250. The molecule has 0 aliphatic heterocycles. The van der Waals surface area contributed by atoms with Crippen molar-refractivity contribution in [3.63, 3.8) is 0 Å². The lowest BCUT2D eigenvalue weighted by molar-refractivity contribution is -0.118. The van der Waals surface area contributed by atoms with Crippen LogP contribution in [0.4, 0.5) is 5.69 Å². The number of carbonyl (C=O) groups excluding carboxylic acids is 3. The van der Waals surface area contributed by atoms with Gasteiger partial charge in [0.1, 0.15) is 5.75 Å². The highest BCUT2D eigenvalue weighted by molar-refractivity contribution is 5.96. The number of hydrogen-bond acceptors (Lipinski definition) is 6. The number of aryl methyl sites for hydroxylation is 1. The van der Waals surface area contributed by atoms with Crippen molar-refractivity contribution in [1.82, 2.24) is 0 Å². The molecule has 7 heteroatoms. The molecule has 1 amide bonds. The Labute approximate surface area is 157 Å². The third kappa shape index (κ3) is 5.57. The second-order valence-corrected chi connectivity index (χ2v) is 5.60. The van der Waals surface area contributed by atoms with Crippen LogP contribution in [0.1, 0.15) is 33.2 Å². The van der Waals surface area contributed by atoms with E-state index in [1.54, 1.807) is 49.4 Å². The molecule has 0 radical (unpaired) electrons. The molecule has 0 heterocycles. The summed E-state index contributed by atoms with van der Waals surface area (Å²) in [6, 6.07) is 11.2. The Balaban J connectivity index is 1.95. The number of benzene rings is 2. The van der Waals surface area contributed by atoms with E-state index in [1.807, 2.05) is 6.92 Å². The first-order valence-corrected chi connectivity index (χ1v) is 8.33. The summed E-state index contributed by atoms with van der Waals surface area (Å²) in [5.74, 6) is -0.834. The van der Waals surface area contributed by atoms with Crippen molar-refractivity contribution in [2.75, 3.05) is 25.6 Å². The molecule has 0 spiro atoms. The summed E-state index contributed by atoms with van der Waals surface area (Å²) in [5.41, 5.74) is 2.05. The summed E-state index contributed by atoms with van der Waals surface area (Å²) in [4.78, 5) is 35.3. The van der Waals surface area contributed by atoms with Crippen molar-refractivity contribution in [2.45, 2.75) is 13.8 Å². The Bertz CT molecular complexity index is 829. The zero-order chi connectivity index (χ0) is 19.8. The first kappa shape index (κ1) is 20.0. The monoisotopic (exact) mass is 371 g/mol. The zero-order valence-electron chi connectivity index (χ0n) is 15.4. The Morgan fingerprint density at radius 3 is 2.26 bits per heavy atom. The summed E-state index contributed by atoms with van der Waals surface area (Å²) < 4.78 is 15.0. The maximum absolute atomic E-state index is 12.1. The van der Waals surface area contributed by atoms with Crippen LogP contribution in [0.15, 0.2) is 42.5 Å². The SMILES string of the molecule is CCOC(=O)c1ccc(OCC(=O)Nc2cc(C(=O)OC)ccc2C)cc1. The van der Waals surface area contributed by atoms with Gasteiger partial charge in [-0.1, -0.05) is 6.07 Å². The van der Waals surface area contributed by atoms with Crippen LogP contribution in [0, 0.1) is 6.92 Å². The Hall–Kier alpha value is -3.35. The van der Waals surface area contributed by atoms with Gasteiger partial charge in [0, 0.05) is 5.69 Å². The molecule has 0 unspecified atom stereocenters. The third-order valence-electron chi connectivity index (χ3n) is 3.67. The standard InChI is InChI=1S/C20H21NO6/c1-4-26-20(24)14-7-9-16(10-8-14)27-12-18(22)21-17-11-15(19(23)25-3)6-5-13(17)2/h5-11H,4,12H2,1-3H3,(H,21,22). The molecule has 0 aliphatic carbocycles. The van der Waals surface area contributed by atoms with E-state index >= 15 is 0 Å². The van der Waals surface area contributed by atoms with Gasteiger partial charge in [-0.2, -0.15) is 0 Å². The highest BCUT2D eigenvalue weighted by Gasteiger charge is 2.11. The van der Waals surface area contributed by atoms with Crippen LogP contribution in [-0.4, -0.2) is 38.2 Å². The van der Waals surface area contributed by atoms with Gasteiger partial charge >= 0.3 is 11.9 Å². The Morgan fingerprint density at radius 2 is 1.63 bits per heavy atom. The fourth-order valence-electron chi connectivity index (χ4n) is 2.24. The van der Waals surface area contributed by atoms with Gasteiger partial charge in [-0.15, -0.1) is 0 Å². The molecule has 1 N–H and O–H groups in total. The summed E-state index contributed by atoms with van der Waals surface area (Å²) in [6.07, 6.45) is 0. The molecule has 27 heavy (non-hydrogen) atoms. The lowest BCUT2D eigenvalue weighted by atomic mass is 10.1. The number of ether oxygens (including phenoxy) is 3. The van der Waals surface area contributed by atoms with Gasteiger partial charge in [-0.3, -0.25) is 4.79 Å². The Kier molecular flexibility index (Phi) is 6.93. The quantitative estimate of drug-likeness (QED) is 0.753. The molecule has 0 saturated carbocycles. The number of amides is 1. The molecular weight excluding hydrogens is 350 g/mol. The highest BCUT2D eigenvalue weighted by Crippen LogP contribution is 2.18. The van der Waals surface area contributed by atoms with Crippen molar-refractivity contribution in [2.24, 2.45) is 0 Å². The van der Waals surface area contributed by atoms with E-state index in [0.717, 1.165) is 5.56 Å². The molecule has 0 aliphatic rings. The first-order valence-electron chi connectivity index (χ1n) is 8.33. The predicted molar refractivity (Wildman–Crippen MR) is 99.0 cm³/mol. The molecule has 0 saturated heterocycles. The minimum Gasteiger partial charge on any atom is -0.484 e. The molecule has 7 nitrogen and oxygen atoms in total. The molecule has 0 bridgehead atoms. The fourth-order valence-corrected chi connectivity index (χ4v) is 2.24. The Morgan fingerprint density at radius 1 is 0.963 bits per heavy atom. The molecule has 2 aromatic carbocycles. The number of hydrogen-bond donors (Lipinski definition) is 1. The smallest absolute Gasteiger partial charge is 0.338 e. The summed E-state index contributed by atoms with van der Waals surface area (Å²) in [5, 5.41) is 2.70. The van der Waals surface area contributed by atoms with E-state index in [1.165, 1.54) is 7.11 Å². The van der Waals surface area contributed by atoms with Gasteiger partial charge in [0.15, 0.2) is 6.61 Å². The predicted octanol–water partition coefficient (Wildman–Crippen LogP) is 2.98. The van der Waals surface area contributed by atoms with Gasteiger partial charge in [-0.25, -0.2) is 9.59 Å². The average molecular weight is 371 g/mol. The molecule has 0 atom stereocenters. The van der Waals surface area contributed by atoms with Gasteiger partial charge in [0.05, 0.1) is 24.8 Å². The van der Waals surface area contributed by atoms with Crippen LogP contribution in [0.25, 0.3) is 0 Å². The minimum atomic E-state index is -0.483. The largest absolute Gasteiger partial charge is 0.484 e. The van der Waals surface area contributed by atoms with Crippen LogP contribution >= 0.6 is 0 Å². The number of anilines is 1. The van der Waals surface area contributed by atoms with Crippen LogP contribution in [0.5, 0.6) is 5.75 Å². The van der Waals surface area contributed by atoms with E-state index in [2.05, 4.69) is 10.1 Å². The lowest BCUT2D eigenvalue weighted by Crippen LogP contribution is -2.21. The number of nitrogens with one attached hydrogen (secondary N) is 1. The normalized spacial score (nSPS) is 10.0. The second-order valence-electron chi connectivity index (χ2n) is 5.60. The van der Waals surface area contributed by atoms with Crippen molar-refractivity contribution >= 4 is 23.5 Å². The zero-order valence-corrected chi connectivity index (χ0v) is 15.4. The van der Waals surface area contributed by atoms with E-state index < -0.39 is 11.9 Å². The van der Waals surface area contributed by atoms with Crippen LogP contribution in [0.2, 0.25) is 0 Å². The molecular formula is C20H21NO6. The van der Waals surface area contributed by atoms with Crippen LogP contribution < -0.4 is 10.1 Å². The van der Waals surface area contributed by atoms with E-state index in [0.29, 0.717) is 29.2 Å². The molecule has 2 rings (SSSR count). The van der Waals surface area contributed by atoms with Crippen molar-refractivity contribution < 1.29 is 28.6 Å². The van der Waals surface area contributed by atoms with E-state index in [-0.39, 0.29) is 12.5 Å². The summed E-state index contributed by atoms with van der Waals surface area (Å²) in [7, 11) is 1.29.